The monoisotopic (exact) mass is 339 g/mol. The molecule has 1 aliphatic rings. The third-order valence-electron chi connectivity index (χ3n) is 4.04. The van der Waals surface area contributed by atoms with E-state index in [-0.39, 0.29) is 11.9 Å². The van der Waals surface area contributed by atoms with Crippen LogP contribution in [0.3, 0.4) is 0 Å². The van der Waals surface area contributed by atoms with Gasteiger partial charge in [-0.2, -0.15) is 5.10 Å². The van der Waals surface area contributed by atoms with E-state index in [9.17, 15) is 4.79 Å². The number of carbonyl (C=O) groups excluding carboxylic acids is 1. The van der Waals surface area contributed by atoms with Crippen LogP contribution in [-0.2, 0) is 7.05 Å². The summed E-state index contributed by atoms with van der Waals surface area (Å²) in [6.07, 6.45) is 1.90. The number of carbonyl (C=O) groups is 1. The molecule has 0 saturated carbocycles. The molecule has 2 aromatic rings. The molecule has 1 fully saturated rings. The maximum Gasteiger partial charge on any atom is 0.264 e. The highest BCUT2D eigenvalue weighted by molar-refractivity contribution is 7.17. The van der Waals surface area contributed by atoms with Crippen molar-refractivity contribution in [3.63, 3.8) is 0 Å². The molecule has 0 spiro atoms. The standard InChI is InChI=1S/C15H18ClN3O2S/c1-9-13(15(21-3)18(2)17-9)10-5-4-8-19(10)14(20)11-6-7-12(16)22-11/h6-7,10H,4-5,8H2,1-3H3/t10-/m1/s1. The van der Waals surface area contributed by atoms with E-state index >= 15 is 0 Å². The van der Waals surface area contributed by atoms with Crippen LogP contribution in [0.1, 0.15) is 39.8 Å². The molecular weight excluding hydrogens is 322 g/mol. The van der Waals surface area contributed by atoms with Crippen molar-refractivity contribution in [2.24, 2.45) is 7.05 Å². The summed E-state index contributed by atoms with van der Waals surface area (Å²) in [6, 6.07) is 3.57. The maximum atomic E-state index is 12.8. The Hall–Kier alpha value is -1.53. The molecule has 1 atom stereocenters. The van der Waals surface area contributed by atoms with E-state index < -0.39 is 0 Å². The fourth-order valence-electron chi connectivity index (χ4n) is 3.16. The average Bonchev–Trinajstić information content (AvgIpc) is 3.16. The number of nitrogens with zero attached hydrogens (tertiary/aromatic N) is 3. The Balaban J connectivity index is 1.95. The number of thiophene rings is 1. The van der Waals surface area contributed by atoms with Crippen LogP contribution in [0.15, 0.2) is 12.1 Å². The van der Waals surface area contributed by atoms with Crippen LogP contribution in [-0.4, -0.2) is 34.2 Å². The molecule has 1 aliphatic heterocycles. The van der Waals surface area contributed by atoms with E-state index in [1.165, 1.54) is 11.3 Å². The molecule has 0 aliphatic carbocycles. The lowest BCUT2D eigenvalue weighted by Crippen LogP contribution is -2.30. The Bertz CT molecular complexity index is 710. The van der Waals surface area contributed by atoms with Gasteiger partial charge >= 0.3 is 0 Å². The van der Waals surface area contributed by atoms with Crippen LogP contribution < -0.4 is 4.74 Å². The molecule has 7 heteroatoms. The summed E-state index contributed by atoms with van der Waals surface area (Å²) in [5, 5.41) is 4.43. The molecular formula is C15H18ClN3O2S. The van der Waals surface area contributed by atoms with E-state index in [4.69, 9.17) is 16.3 Å². The predicted octanol–water partition coefficient (Wildman–Crippen LogP) is 3.43. The summed E-state index contributed by atoms with van der Waals surface area (Å²) in [5.41, 5.74) is 1.92. The SMILES string of the molecule is COc1c([C@H]2CCCN2C(=O)c2ccc(Cl)s2)c(C)nn1C. The third kappa shape index (κ3) is 2.50. The number of hydrogen-bond donors (Lipinski definition) is 0. The second-order valence-electron chi connectivity index (χ2n) is 5.39. The van der Waals surface area contributed by atoms with Crippen LogP contribution in [0.25, 0.3) is 0 Å². The Morgan fingerprint density at radius 2 is 2.27 bits per heavy atom. The number of aromatic nitrogens is 2. The van der Waals surface area contributed by atoms with Crippen LogP contribution in [0, 0.1) is 6.92 Å². The summed E-state index contributed by atoms with van der Waals surface area (Å²) in [5.74, 6) is 0.760. The molecule has 0 aromatic carbocycles. The normalized spacial score (nSPS) is 18.0. The van der Waals surface area contributed by atoms with Crippen LogP contribution in [0.2, 0.25) is 4.34 Å². The smallest absolute Gasteiger partial charge is 0.264 e. The Morgan fingerprint density at radius 3 is 2.91 bits per heavy atom. The molecule has 3 heterocycles. The van der Waals surface area contributed by atoms with Crippen molar-refractivity contribution in [2.75, 3.05) is 13.7 Å². The first-order valence-corrected chi connectivity index (χ1v) is 8.36. The molecule has 0 bridgehead atoms. The summed E-state index contributed by atoms with van der Waals surface area (Å²) < 4.78 is 7.85. The van der Waals surface area contributed by atoms with Gasteiger partial charge in [0.15, 0.2) is 0 Å². The number of methoxy groups -OCH3 is 1. The average molecular weight is 340 g/mol. The molecule has 1 amide bonds. The second-order valence-corrected chi connectivity index (χ2v) is 7.11. The first-order chi connectivity index (χ1) is 10.5. The van der Waals surface area contributed by atoms with Crippen molar-refractivity contribution in [3.05, 3.63) is 32.6 Å². The van der Waals surface area contributed by atoms with Gasteiger partial charge < -0.3 is 9.64 Å². The summed E-state index contributed by atoms with van der Waals surface area (Å²) in [4.78, 5) is 15.4. The number of aryl methyl sites for hydroxylation is 2. The lowest BCUT2D eigenvalue weighted by atomic mass is 10.0. The van der Waals surface area contributed by atoms with Gasteiger partial charge in [0, 0.05) is 13.6 Å². The van der Waals surface area contributed by atoms with Crippen molar-refractivity contribution in [1.82, 2.24) is 14.7 Å². The fourth-order valence-corrected chi connectivity index (χ4v) is 4.16. The van der Waals surface area contributed by atoms with Gasteiger partial charge in [-0.25, -0.2) is 4.68 Å². The second kappa shape index (κ2) is 5.93. The first-order valence-electron chi connectivity index (χ1n) is 7.16. The molecule has 0 unspecified atom stereocenters. The maximum absolute atomic E-state index is 12.8. The van der Waals surface area contributed by atoms with E-state index in [1.54, 1.807) is 23.9 Å². The molecule has 0 radical (unpaired) electrons. The van der Waals surface area contributed by atoms with Crippen LogP contribution in [0.5, 0.6) is 5.88 Å². The quantitative estimate of drug-likeness (QED) is 0.860. The zero-order chi connectivity index (χ0) is 15.9. The van der Waals surface area contributed by atoms with Crippen molar-refractivity contribution in [1.29, 1.82) is 0 Å². The first kappa shape index (κ1) is 15.4. The number of rotatable bonds is 3. The fraction of sp³-hybridized carbons (Fsp3) is 0.467. The minimum atomic E-state index is 0.0111. The van der Waals surface area contributed by atoms with Crippen LogP contribution in [0.4, 0.5) is 0 Å². The number of hydrogen-bond acceptors (Lipinski definition) is 4. The van der Waals surface area contributed by atoms with Crippen molar-refractivity contribution in [3.8, 4) is 5.88 Å². The van der Waals surface area contributed by atoms with E-state index in [0.29, 0.717) is 9.21 Å². The molecule has 118 valence electrons. The molecule has 5 nitrogen and oxygen atoms in total. The van der Waals surface area contributed by atoms with E-state index in [1.807, 2.05) is 18.9 Å². The zero-order valence-corrected chi connectivity index (χ0v) is 14.4. The van der Waals surface area contributed by atoms with Crippen LogP contribution >= 0.6 is 22.9 Å². The van der Waals surface area contributed by atoms with Gasteiger partial charge in [0.2, 0.25) is 5.88 Å². The minimum Gasteiger partial charge on any atom is -0.481 e. The third-order valence-corrected chi connectivity index (χ3v) is 5.26. The molecule has 2 aromatic heterocycles. The summed E-state index contributed by atoms with van der Waals surface area (Å²) in [6.45, 7) is 2.71. The van der Waals surface area contributed by atoms with Crippen molar-refractivity contribution >= 4 is 28.8 Å². The van der Waals surface area contributed by atoms with Gasteiger partial charge in [-0.1, -0.05) is 11.6 Å². The molecule has 3 rings (SSSR count). The van der Waals surface area contributed by atoms with Gasteiger partial charge in [-0.3, -0.25) is 4.79 Å². The van der Waals surface area contributed by atoms with E-state index in [0.717, 1.165) is 36.5 Å². The molecule has 22 heavy (non-hydrogen) atoms. The van der Waals surface area contributed by atoms with Crippen molar-refractivity contribution < 1.29 is 9.53 Å². The number of likely N-dealkylation sites (tertiary alicyclic amines) is 1. The van der Waals surface area contributed by atoms with Gasteiger partial charge in [-0.15, -0.1) is 11.3 Å². The number of halogens is 1. The van der Waals surface area contributed by atoms with Gasteiger partial charge in [0.25, 0.3) is 5.91 Å². The molecule has 0 N–H and O–H groups in total. The minimum absolute atomic E-state index is 0.0111. The Kier molecular flexibility index (Phi) is 4.14. The van der Waals surface area contributed by atoms with Crippen molar-refractivity contribution in [2.45, 2.75) is 25.8 Å². The zero-order valence-electron chi connectivity index (χ0n) is 12.8. The summed E-state index contributed by atoms with van der Waals surface area (Å²) >= 11 is 7.28. The number of ether oxygens (including phenoxy) is 1. The Morgan fingerprint density at radius 1 is 1.50 bits per heavy atom. The molecule has 1 saturated heterocycles. The highest BCUT2D eigenvalue weighted by Crippen LogP contribution is 2.40. The predicted molar refractivity (Wildman–Crippen MR) is 86.8 cm³/mol. The topological polar surface area (TPSA) is 47.4 Å². The van der Waals surface area contributed by atoms with Gasteiger partial charge in [0.1, 0.15) is 0 Å². The van der Waals surface area contributed by atoms with Gasteiger partial charge in [-0.05, 0) is 31.9 Å². The Labute approximate surface area is 138 Å². The summed E-state index contributed by atoms with van der Waals surface area (Å²) in [7, 11) is 3.50. The van der Waals surface area contributed by atoms with Gasteiger partial charge in [0.05, 0.1) is 33.6 Å². The lowest BCUT2D eigenvalue weighted by molar-refractivity contribution is 0.0738. The highest BCUT2D eigenvalue weighted by atomic mass is 35.5. The largest absolute Gasteiger partial charge is 0.481 e. The number of amides is 1. The lowest BCUT2D eigenvalue weighted by Gasteiger charge is -2.24. The highest BCUT2D eigenvalue weighted by Gasteiger charge is 2.35. The van der Waals surface area contributed by atoms with E-state index in [2.05, 4.69) is 5.10 Å².